The first kappa shape index (κ1) is 24.5. The van der Waals surface area contributed by atoms with Gasteiger partial charge in [0, 0.05) is 36.4 Å². The first-order valence-corrected chi connectivity index (χ1v) is 11.3. The molecular formula is C25H32ClNO5. The van der Waals surface area contributed by atoms with Gasteiger partial charge in [0.05, 0.1) is 18.8 Å². The number of methoxy groups -OCH3 is 1. The van der Waals surface area contributed by atoms with Crippen LogP contribution in [0.5, 0.6) is 0 Å². The van der Waals surface area contributed by atoms with E-state index in [2.05, 4.69) is 0 Å². The van der Waals surface area contributed by atoms with Crippen LogP contribution >= 0.6 is 11.6 Å². The molecule has 1 aromatic carbocycles. The first-order chi connectivity index (χ1) is 15.0. The number of fused-ring (bicyclic) bond motifs is 3. The van der Waals surface area contributed by atoms with E-state index in [-0.39, 0.29) is 17.8 Å². The van der Waals surface area contributed by atoms with Crippen molar-refractivity contribution in [2.45, 2.75) is 77.9 Å². The Hall–Kier alpha value is -2.15. The molecule has 0 aliphatic carbocycles. The molecule has 0 saturated carbocycles. The van der Waals surface area contributed by atoms with Crippen LogP contribution in [-0.4, -0.2) is 35.5 Å². The molecule has 1 aliphatic heterocycles. The summed E-state index contributed by atoms with van der Waals surface area (Å²) in [6.07, 6.45) is 2.51. The Bertz CT molecular complexity index is 1040. The maximum absolute atomic E-state index is 13.3. The number of pyridine rings is 1. The SMILES string of the molecule is CO[C@@H](C)CC(C(=O)OC(C)(C)C)n1cc2c(cc1=O)-c1cc(Cl)ccc1C[C@@H](C)OC2. The molecule has 0 fully saturated rings. The first-order valence-electron chi connectivity index (χ1n) is 10.9. The average Bonchev–Trinajstić information content (AvgIpc) is 2.70. The van der Waals surface area contributed by atoms with Crippen LogP contribution in [0.2, 0.25) is 5.02 Å². The van der Waals surface area contributed by atoms with E-state index in [1.54, 1.807) is 40.1 Å². The molecule has 0 N–H and O–H groups in total. The summed E-state index contributed by atoms with van der Waals surface area (Å²) in [6.45, 7) is 9.62. The van der Waals surface area contributed by atoms with Gasteiger partial charge in [0.2, 0.25) is 0 Å². The van der Waals surface area contributed by atoms with Gasteiger partial charge in [-0.1, -0.05) is 17.7 Å². The predicted octanol–water partition coefficient (Wildman–Crippen LogP) is 4.94. The van der Waals surface area contributed by atoms with E-state index in [0.29, 0.717) is 18.1 Å². The number of nitrogens with zero attached hydrogens (tertiary/aromatic N) is 1. The number of aromatic nitrogens is 1. The molecule has 3 rings (SSSR count). The molecule has 174 valence electrons. The third-order valence-electron chi connectivity index (χ3n) is 5.53. The lowest BCUT2D eigenvalue weighted by molar-refractivity contribution is -0.160. The molecule has 0 spiro atoms. The van der Waals surface area contributed by atoms with Crippen molar-refractivity contribution in [2.75, 3.05) is 7.11 Å². The summed E-state index contributed by atoms with van der Waals surface area (Å²) in [7, 11) is 1.58. The number of halogens is 1. The molecule has 2 aromatic rings. The van der Waals surface area contributed by atoms with Gasteiger partial charge in [0.15, 0.2) is 0 Å². The van der Waals surface area contributed by atoms with Crippen molar-refractivity contribution in [3.63, 3.8) is 0 Å². The highest BCUT2D eigenvalue weighted by molar-refractivity contribution is 6.30. The summed E-state index contributed by atoms with van der Waals surface area (Å²) in [5.74, 6) is -0.466. The van der Waals surface area contributed by atoms with E-state index >= 15 is 0 Å². The molecule has 2 heterocycles. The number of carbonyl (C=O) groups is 1. The molecule has 1 aliphatic rings. The number of ether oxygens (including phenoxy) is 3. The van der Waals surface area contributed by atoms with Gasteiger partial charge in [-0.2, -0.15) is 0 Å². The van der Waals surface area contributed by atoms with Crippen molar-refractivity contribution in [2.24, 2.45) is 0 Å². The van der Waals surface area contributed by atoms with Gasteiger partial charge in [0.25, 0.3) is 5.56 Å². The van der Waals surface area contributed by atoms with Gasteiger partial charge in [0.1, 0.15) is 11.6 Å². The highest BCUT2D eigenvalue weighted by Gasteiger charge is 2.30. The second kappa shape index (κ2) is 9.77. The Kier molecular flexibility index (Phi) is 7.48. The molecule has 0 bridgehead atoms. The topological polar surface area (TPSA) is 66.8 Å². The summed E-state index contributed by atoms with van der Waals surface area (Å²) >= 11 is 6.28. The van der Waals surface area contributed by atoms with E-state index in [1.807, 2.05) is 32.0 Å². The van der Waals surface area contributed by atoms with Crippen molar-refractivity contribution in [1.29, 1.82) is 0 Å². The van der Waals surface area contributed by atoms with Gasteiger partial charge in [-0.05, 0) is 69.9 Å². The molecular weight excluding hydrogens is 430 g/mol. The number of rotatable bonds is 5. The normalized spacial score (nSPS) is 18.0. The van der Waals surface area contributed by atoms with Gasteiger partial charge in [-0.25, -0.2) is 4.79 Å². The van der Waals surface area contributed by atoms with Crippen LogP contribution in [-0.2, 0) is 32.0 Å². The molecule has 3 atom stereocenters. The van der Waals surface area contributed by atoms with Gasteiger partial charge >= 0.3 is 5.97 Å². The van der Waals surface area contributed by atoms with Crippen LogP contribution in [0.25, 0.3) is 11.1 Å². The standard InChI is InChI=1S/C25H32ClNO5/c1-15(30-6)10-22(24(29)32-25(3,4)5)27-13-18-14-31-16(2)9-17-7-8-19(26)11-20(17)21(18)12-23(27)28/h7-8,11-13,15-16,22H,9-10,14H2,1-6H3/t15-,16+,22?/m0/s1. The predicted molar refractivity (Wildman–Crippen MR) is 125 cm³/mol. The second-order valence-corrected chi connectivity index (χ2v) is 9.85. The van der Waals surface area contributed by atoms with Gasteiger partial charge < -0.3 is 18.8 Å². The molecule has 1 aromatic heterocycles. The minimum atomic E-state index is -0.816. The van der Waals surface area contributed by atoms with Gasteiger partial charge in [-0.15, -0.1) is 0 Å². The smallest absolute Gasteiger partial charge is 0.329 e. The maximum atomic E-state index is 13.3. The minimum Gasteiger partial charge on any atom is -0.458 e. The van der Waals surface area contributed by atoms with Crippen LogP contribution in [0.4, 0.5) is 0 Å². The summed E-state index contributed by atoms with van der Waals surface area (Å²) in [5, 5.41) is 0.605. The van der Waals surface area contributed by atoms with Crippen molar-refractivity contribution < 1.29 is 19.0 Å². The number of hydrogen-bond donors (Lipinski definition) is 0. The van der Waals surface area contributed by atoms with Crippen molar-refractivity contribution in [3.8, 4) is 11.1 Å². The number of hydrogen-bond acceptors (Lipinski definition) is 5. The summed E-state index contributed by atoms with van der Waals surface area (Å²) in [4.78, 5) is 26.3. The Morgan fingerprint density at radius 1 is 1.25 bits per heavy atom. The van der Waals surface area contributed by atoms with Crippen LogP contribution < -0.4 is 5.56 Å². The van der Waals surface area contributed by atoms with Crippen LogP contribution in [0.1, 0.15) is 58.2 Å². The molecule has 7 heteroatoms. The zero-order valence-corrected chi connectivity index (χ0v) is 20.4. The van der Waals surface area contributed by atoms with Crippen LogP contribution in [0.15, 0.2) is 35.3 Å². The summed E-state index contributed by atoms with van der Waals surface area (Å²) in [6, 6.07) is 6.46. The van der Waals surface area contributed by atoms with Crippen molar-refractivity contribution in [3.05, 3.63) is 57.0 Å². The van der Waals surface area contributed by atoms with E-state index in [1.165, 1.54) is 4.57 Å². The van der Waals surface area contributed by atoms with E-state index in [4.69, 9.17) is 25.8 Å². The third kappa shape index (κ3) is 5.80. The average molecular weight is 462 g/mol. The highest BCUT2D eigenvalue weighted by Crippen LogP contribution is 2.33. The zero-order valence-electron chi connectivity index (χ0n) is 19.6. The lowest BCUT2D eigenvalue weighted by Crippen LogP contribution is -2.37. The molecule has 6 nitrogen and oxygen atoms in total. The lowest BCUT2D eigenvalue weighted by atomic mass is 9.92. The molecule has 0 saturated heterocycles. The van der Waals surface area contributed by atoms with E-state index in [9.17, 15) is 9.59 Å². The fourth-order valence-electron chi connectivity index (χ4n) is 3.88. The fourth-order valence-corrected chi connectivity index (χ4v) is 4.06. The van der Waals surface area contributed by atoms with Crippen molar-refractivity contribution >= 4 is 17.6 Å². The number of esters is 1. The summed E-state index contributed by atoms with van der Waals surface area (Å²) in [5.41, 5.74) is 2.62. The van der Waals surface area contributed by atoms with Crippen molar-refractivity contribution in [1.82, 2.24) is 4.57 Å². The highest BCUT2D eigenvalue weighted by atomic mass is 35.5. The molecule has 32 heavy (non-hydrogen) atoms. The third-order valence-corrected chi connectivity index (χ3v) is 5.76. The summed E-state index contributed by atoms with van der Waals surface area (Å²) < 4.78 is 18.5. The van der Waals surface area contributed by atoms with Gasteiger partial charge in [-0.3, -0.25) is 4.79 Å². The number of carbonyl (C=O) groups excluding carboxylic acids is 1. The second-order valence-electron chi connectivity index (χ2n) is 9.42. The van der Waals surface area contributed by atoms with Crippen LogP contribution in [0, 0.1) is 0 Å². The van der Waals surface area contributed by atoms with E-state index in [0.717, 1.165) is 28.7 Å². The number of benzene rings is 1. The largest absolute Gasteiger partial charge is 0.458 e. The monoisotopic (exact) mass is 461 g/mol. The van der Waals surface area contributed by atoms with E-state index < -0.39 is 17.6 Å². The van der Waals surface area contributed by atoms with Crippen LogP contribution in [0.3, 0.4) is 0 Å². The zero-order chi connectivity index (χ0) is 23.6. The lowest BCUT2D eigenvalue weighted by Gasteiger charge is -2.28. The Labute approximate surface area is 194 Å². The maximum Gasteiger partial charge on any atom is 0.329 e. The molecule has 0 amide bonds. The Morgan fingerprint density at radius 3 is 2.59 bits per heavy atom. The quantitative estimate of drug-likeness (QED) is 0.590. The minimum absolute atomic E-state index is 0.00128. The Morgan fingerprint density at radius 2 is 1.94 bits per heavy atom. The fraction of sp³-hybridized carbons (Fsp3) is 0.520. The molecule has 0 radical (unpaired) electrons. The molecule has 1 unspecified atom stereocenters. The Balaban J connectivity index is 2.14.